The zero-order valence-electron chi connectivity index (χ0n) is 18.1. The van der Waals surface area contributed by atoms with Gasteiger partial charge in [0.05, 0.1) is 6.04 Å². The van der Waals surface area contributed by atoms with Crippen LogP contribution < -0.4 is 38.9 Å². The third-order valence-corrected chi connectivity index (χ3v) is 4.30. The lowest BCUT2D eigenvalue weighted by atomic mass is 10.1. The van der Waals surface area contributed by atoms with Gasteiger partial charge in [-0.25, -0.2) is 0 Å². The number of guanidine groups is 1. The molecule has 178 valence electrons. The molecule has 0 aromatic heterocycles. The number of aliphatic carboxylic acids is 1. The monoisotopic (exact) mass is 444 g/mol. The smallest absolute Gasteiger partial charge is 0.325 e. The number of rotatable bonds is 15. The second kappa shape index (κ2) is 15.0. The zero-order valence-corrected chi connectivity index (χ0v) is 18.1. The fraction of sp³-hybridized carbons (Fsp3) is 0.722. The summed E-state index contributed by atoms with van der Waals surface area (Å²) in [6, 6.07) is -3.94. The van der Waals surface area contributed by atoms with E-state index < -0.39 is 47.9 Å². The van der Waals surface area contributed by atoms with E-state index in [2.05, 4.69) is 20.9 Å². The van der Waals surface area contributed by atoms with Crippen molar-refractivity contribution < 1.29 is 24.3 Å². The molecule has 0 saturated carbocycles. The molecule has 0 aliphatic heterocycles. The van der Waals surface area contributed by atoms with Crippen LogP contribution in [0, 0.1) is 0 Å². The molecule has 0 aromatic rings. The van der Waals surface area contributed by atoms with Gasteiger partial charge in [-0.1, -0.05) is 0 Å². The van der Waals surface area contributed by atoms with Crippen molar-refractivity contribution in [3.63, 3.8) is 0 Å². The van der Waals surface area contributed by atoms with Gasteiger partial charge in [0.25, 0.3) is 0 Å². The van der Waals surface area contributed by atoms with Crippen molar-refractivity contribution in [2.75, 3.05) is 13.1 Å². The molecular weight excluding hydrogens is 408 g/mol. The minimum atomic E-state index is -1.22. The largest absolute Gasteiger partial charge is 0.480 e. The summed E-state index contributed by atoms with van der Waals surface area (Å²) in [7, 11) is 0. The van der Waals surface area contributed by atoms with Crippen LogP contribution in [0.4, 0.5) is 0 Å². The molecule has 13 heteroatoms. The van der Waals surface area contributed by atoms with Crippen molar-refractivity contribution in [1.82, 2.24) is 16.0 Å². The van der Waals surface area contributed by atoms with Gasteiger partial charge >= 0.3 is 5.97 Å². The molecule has 0 aliphatic carbocycles. The molecule has 0 aromatic carbocycles. The average Bonchev–Trinajstić information content (AvgIpc) is 2.68. The predicted molar refractivity (Wildman–Crippen MR) is 116 cm³/mol. The van der Waals surface area contributed by atoms with Crippen LogP contribution in [0.15, 0.2) is 4.99 Å². The van der Waals surface area contributed by atoms with Crippen molar-refractivity contribution in [3.8, 4) is 0 Å². The first-order valence-electron chi connectivity index (χ1n) is 10.1. The quantitative estimate of drug-likeness (QED) is 0.0731. The number of hydrogen-bond donors (Lipinski definition) is 8. The number of aliphatic imine (C=N–C) groups is 1. The number of amides is 3. The van der Waals surface area contributed by atoms with E-state index in [1.807, 2.05) is 0 Å². The normalized spacial score (nSPS) is 14.5. The van der Waals surface area contributed by atoms with E-state index in [-0.39, 0.29) is 18.9 Å². The maximum Gasteiger partial charge on any atom is 0.325 e. The van der Waals surface area contributed by atoms with Crippen LogP contribution in [0.3, 0.4) is 0 Å². The lowest BCUT2D eigenvalue weighted by Crippen LogP contribution is -2.56. The minimum absolute atomic E-state index is 0.108. The van der Waals surface area contributed by atoms with E-state index >= 15 is 0 Å². The Morgan fingerprint density at radius 3 is 1.87 bits per heavy atom. The molecule has 0 unspecified atom stereocenters. The molecule has 0 rings (SSSR count). The standard InChI is InChI=1S/C18H36N8O5/c1-10(20)14(27)25-12(6-3-4-8-19)16(29)26-13(7-5-9-23-18(21)22)15(28)24-11(2)17(30)31/h10-13H,3-9,19-20H2,1-2H3,(H,24,28)(H,25,27)(H,26,29)(H,30,31)(H4,21,22,23)/t10-,11-,12-,13-/m0/s1. The molecule has 0 spiro atoms. The number of nitrogens with two attached hydrogens (primary N) is 4. The number of carbonyl (C=O) groups is 4. The van der Waals surface area contributed by atoms with Crippen molar-refractivity contribution in [3.05, 3.63) is 0 Å². The van der Waals surface area contributed by atoms with Crippen LogP contribution in [-0.4, -0.2) is 72.0 Å². The molecule has 0 aliphatic rings. The molecule has 13 nitrogen and oxygen atoms in total. The molecule has 0 fully saturated rings. The Bertz CT molecular complexity index is 636. The van der Waals surface area contributed by atoms with Crippen LogP contribution in [0.25, 0.3) is 0 Å². The summed E-state index contributed by atoms with van der Waals surface area (Å²) >= 11 is 0. The Morgan fingerprint density at radius 2 is 1.39 bits per heavy atom. The van der Waals surface area contributed by atoms with Crippen molar-refractivity contribution in [2.24, 2.45) is 27.9 Å². The number of carboxylic acid groups (broad SMARTS) is 1. The Morgan fingerprint density at radius 1 is 0.871 bits per heavy atom. The van der Waals surface area contributed by atoms with Gasteiger partial charge in [0.15, 0.2) is 5.96 Å². The third kappa shape index (κ3) is 12.4. The first-order chi connectivity index (χ1) is 14.5. The summed E-state index contributed by atoms with van der Waals surface area (Å²) in [6.45, 7) is 3.44. The van der Waals surface area contributed by atoms with E-state index in [0.717, 1.165) is 0 Å². The fourth-order valence-corrected chi connectivity index (χ4v) is 2.49. The van der Waals surface area contributed by atoms with Crippen molar-refractivity contribution in [1.29, 1.82) is 0 Å². The lowest BCUT2D eigenvalue weighted by Gasteiger charge is -2.24. The molecule has 4 atom stereocenters. The Kier molecular flexibility index (Phi) is 13.5. The molecule has 12 N–H and O–H groups in total. The highest BCUT2D eigenvalue weighted by Crippen LogP contribution is 2.05. The molecule has 0 saturated heterocycles. The average molecular weight is 445 g/mol. The zero-order chi connectivity index (χ0) is 24.0. The Balaban J connectivity index is 5.31. The highest BCUT2D eigenvalue weighted by atomic mass is 16.4. The van der Waals surface area contributed by atoms with Gasteiger partial charge < -0.3 is 44.0 Å². The second-order valence-electron chi connectivity index (χ2n) is 7.21. The van der Waals surface area contributed by atoms with Gasteiger partial charge in [0, 0.05) is 6.54 Å². The molecule has 0 bridgehead atoms. The first-order valence-corrected chi connectivity index (χ1v) is 10.1. The van der Waals surface area contributed by atoms with E-state index in [4.69, 9.17) is 28.0 Å². The predicted octanol–water partition coefficient (Wildman–Crippen LogP) is -2.92. The van der Waals surface area contributed by atoms with E-state index in [1.165, 1.54) is 13.8 Å². The highest BCUT2D eigenvalue weighted by Gasteiger charge is 2.28. The maximum atomic E-state index is 12.8. The summed E-state index contributed by atoms with van der Waals surface area (Å²) in [6.07, 6.45) is 2.02. The molecule has 3 amide bonds. The van der Waals surface area contributed by atoms with Gasteiger partial charge in [0.1, 0.15) is 18.1 Å². The lowest BCUT2D eigenvalue weighted by molar-refractivity contribution is -0.141. The summed E-state index contributed by atoms with van der Waals surface area (Å²) < 4.78 is 0. The van der Waals surface area contributed by atoms with Crippen LogP contribution >= 0.6 is 0 Å². The molecule has 0 radical (unpaired) electrons. The van der Waals surface area contributed by atoms with Crippen LogP contribution in [0.1, 0.15) is 46.0 Å². The van der Waals surface area contributed by atoms with E-state index in [0.29, 0.717) is 32.2 Å². The number of carboxylic acids is 1. The van der Waals surface area contributed by atoms with Gasteiger partial charge in [-0.3, -0.25) is 24.2 Å². The molecular formula is C18H36N8O5. The Hall–Kier alpha value is -2.93. The van der Waals surface area contributed by atoms with Gasteiger partial charge in [-0.2, -0.15) is 0 Å². The van der Waals surface area contributed by atoms with Crippen LogP contribution in [0.2, 0.25) is 0 Å². The summed E-state index contributed by atoms with van der Waals surface area (Å²) in [4.78, 5) is 52.2. The number of nitrogens with zero attached hydrogens (tertiary/aromatic N) is 1. The van der Waals surface area contributed by atoms with Gasteiger partial charge in [-0.15, -0.1) is 0 Å². The summed E-state index contributed by atoms with van der Waals surface area (Å²) in [5.74, 6) is -3.10. The second-order valence-corrected chi connectivity index (χ2v) is 7.21. The summed E-state index contributed by atoms with van der Waals surface area (Å²) in [5.41, 5.74) is 21.6. The number of unbranched alkanes of at least 4 members (excludes halogenated alkanes) is 1. The maximum absolute atomic E-state index is 12.8. The summed E-state index contributed by atoms with van der Waals surface area (Å²) in [5, 5.41) is 16.5. The van der Waals surface area contributed by atoms with Crippen LogP contribution in [0.5, 0.6) is 0 Å². The number of hydrogen-bond acceptors (Lipinski definition) is 7. The number of carbonyl (C=O) groups excluding carboxylic acids is 3. The Labute approximate surface area is 181 Å². The highest BCUT2D eigenvalue weighted by molar-refractivity contribution is 5.93. The SMILES string of the molecule is C[C@H](N)C(=O)N[C@@H](CCCCN)C(=O)N[C@@H](CCCN=C(N)N)C(=O)N[C@@H](C)C(=O)O. The van der Waals surface area contributed by atoms with Crippen molar-refractivity contribution >= 4 is 29.7 Å². The first kappa shape index (κ1) is 28.1. The van der Waals surface area contributed by atoms with E-state index in [9.17, 15) is 19.2 Å². The van der Waals surface area contributed by atoms with Gasteiger partial charge in [-0.05, 0) is 52.5 Å². The topological polar surface area (TPSA) is 241 Å². The molecule has 31 heavy (non-hydrogen) atoms. The fourth-order valence-electron chi connectivity index (χ4n) is 2.49. The minimum Gasteiger partial charge on any atom is -0.480 e. The van der Waals surface area contributed by atoms with Crippen molar-refractivity contribution in [2.45, 2.75) is 70.1 Å². The molecule has 0 heterocycles. The van der Waals surface area contributed by atoms with Crippen LogP contribution in [-0.2, 0) is 19.2 Å². The third-order valence-electron chi connectivity index (χ3n) is 4.30. The van der Waals surface area contributed by atoms with E-state index in [1.54, 1.807) is 0 Å². The number of nitrogens with one attached hydrogen (secondary N) is 3. The van der Waals surface area contributed by atoms with Gasteiger partial charge in [0.2, 0.25) is 17.7 Å².